The fourth-order valence-corrected chi connectivity index (χ4v) is 1.14. The lowest BCUT2D eigenvalue weighted by molar-refractivity contribution is 1.59. The standard InChI is InChI=1S/C6H5Br2N.BrH/c7-4-1-2-5(8)6(9)3-4;/h1-3H,9H2;1H. The van der Waals surface area contributed by atoms with Gasteiger partial charge in [0.25, 0.3) is 0 Å². The Bertz CT molecular complexity index is 224. The maximum atomic E-state index is 5.54. The zero-order valence-corrected chi connectivity index (χ0v) is 9.86. The summed E-state index contributed by atoms with van der Waals surface area (Å²) in [4.78, 5) is 0. The molecule has 0 saturated heterocycles. The van der Waals surface area contributed by atoms with Crippen molar-refractivity contribution < 1.29 is 0 Å². The van der Waals surface area contributed by atoms with Crippen LogP contribution in [0.25, 0.3) is 0 Å². The van der Waals surface area contributed by atoms with Crippen molar-refractivity contribution in [3.05, 3.63) is 27.1 Å². The molecule has 0 saturated carbocycles. The van der Waals surface area contributed by atoms with Crippen LogP contribution in [0.4, 0.5) is 5.69 Å². The van der Waals surface area contributed by atoms with Gasteiger partial charge < -0.3 is 5.73 Å². The second kappa shape index (κ2) is 4.36. The van der Waals surface area contributed by atoms with Crippen molar-refractivity contribution in [3.63, 3.8) is 0 Å². The topological polar surface area (TPSA) is 26.0 Å². The Labute approximate surface area is 87.0 Å². The lowest BCUT2D eigenvalue weighted by Gasteiger charge is -1.95. The molecule has 1 aromatic rings. The van der Waals surface area contributed by atoms with Crippen LogP contribution in [0, 0.1) is 0 Å². The van der Waals surface area contributed by atoms with Gasteiger partial charge in [0.2, 0.25) is 0 Å². The van der Waals surface area contributed by atoms with E-state index in [1.807, 2.05) is 18.2 Å². The molecule has 0 amide bonds. The molecule has 0 aromatic heterocycles. The average molecular weight is 332 g/mol. The molecule has 0 radical (unpaired) electrons. The Morgan fingerprint density at radius 2 is 1.80 bits per heavy atom. The highest BCUT2D eigenvalue weighted by molar-refractivity contribution is 9.11. The zero-order chi connectivity index (χ0) is 6.85. The number of rotatable bonds is 0. The summed E-state index contributed by atoms with van der Waals surface area (Å²) < 4.78 is 1.94. The number of anilines is 1. The highest BCUT2D eigenvalue weighted by Crippen LogP contribution is 2.22. The second-order valence-electron chi connectivity index (χ2n) is 1.67. The number of hydrogen-bond acceptors (Lipinski definition) is 1. The fraction of sp³-hybridized carbons (Fsp3) is 0. The molecular weight excluding hydrogens is 326 g/mol. The molecule has 0 bridgehead atoms. The van der Waals surface area contributed by atoms with Crippen molar-refractivity contribution in [3.8, 4) is 0 Å². The third-order valence-electron chi connectivity index (χ3n) is 0.958. The van der Waals surface area contributed by atoms with E-state index in [1.165, 1.54) is 0 Å². The molecule has 10 heavy (non-hydrogen) atoms. The van der Waals surface area contributed by atoms with E-state index in [-0.39, 0.29) is 17.0 Å². The normalized spacial score (nSPS) is 8.60. The molecule has 1 aromatic carbocycles. The summed E-state index contributed by atoms with van der Waals surface area (Å²) in [5, 5.41) is 0. The van der Waals surface area contributed by atoms with Gasteiger partial charge >= 0.3 is 0 Å². The van der Waals surface area contributed by atoms with Crippen LogP contribution < -0.4 is 5.73 Å². The molecule has 0 unspecified atom stereocenters. The molecule has 0 spiro atoms. The van der Waals surface area contributed by atoms with Gasteiger partial charge in [0, 0.05) is 14.6 Å². The molecule has 56 valence electrons. The average Bonchev–Trinajstić information content (AvgIpc) is 1.80. The van der Waals surface area contributed by atoms with E-state index in [1.54, 1.807) is 0 Å². The Hall–Kier alpha value is 0.460. The van der Waals surface area contributed by atoms with Gasteiger partial charge in [0.05, 0.1) is 0 Å². The van der Waals surface area contributed by atoms with E-state index in [2.05, 4.69) is 31.9 Å². The molecule has 1 rings (SSSR count). The SMILES string of the molecule is Br.Nc1cc(Br)ccc1Br. The highest BCUT2D eigenvalue weighted by atomic mass is 79.9. The fourth-order valence-electron chi connectivity index (χ4n) is 0.515. The number of nitrogen functional groups attached to an aromatic ring is 1. The largest absolute Gasteiger partial charge is 0.398 e. The summed E-state index contributed by atoms with van der Waals surface area (Å²) in [7, 11) is 0. The third kappa shape index (κ3) is 2.60. The number of benzene rings is 1. The lowest BCUT2D eigenvalue weighted by Crippen LogP contribution is -1.84. The van der Waals surface area contributed by atoms with Gasteiger partial charge in [0.15, 0.2) is 0 Å². The van der Waals surface area contributed by atoms with Gasteiger partial charge in [-0.2, -0.15) is 0 Å². The molecule has 0 atom stereocenters. The van der Waals surface area contributed by atoms with Gasteiger partial charge in [-0.25, -0.2) is 0 Å². The summed E-state index contributed by atoms with van der Waals surface area (Å²) in [6, 6.07) is 5.68. The van der Waals surface area contributed by atoms with Gasteiger partial charge in [-0.3, -0.25) is 0 Å². The first-order chi connectivity index (χ1) is 4.20. The zero-order valence-electron chi connectivity index (χ0n) is 4.97. The molecule has 0 aliphatic rings. The predicted molar refractivity (Wildman–Crippen MR) is 56.6 cm³/mol. The van der Waals surface area contributed by atoms with Crippen molar-refractivity contribution >= 4 is 54.5 Å². The predicted octanol–water partition coefficient (Wildman–Crippen LogP) is 3.37. The van der Waals surface area contributed by atoms with Crippen LogP contribution in [0.2, 0.25) is 0 Å². The smallest absolute Gasteiger partial charge is 0.0469 e. The minimum Gasteiger partial charge on any atom is -0.398 e. The van der Waals surface area contributed by atoms with Crippen molar-refractivity contribution in [1.82, 2.24) is 0 Å². The van der Waals surface area contributed by atoms with Crippen LogP contribution in [0.3, 0.4) is 0 Å². The van der Waals surface area contributed by atoms with Gasteiger partial charge in [0.1, 0.15) is 0 Å². The molecule has 0 aliphatic heterocycles. The maximum absolute atomic E-state index is 5.54. The van der Waals surface area contributed by atoms with Crippen molar-refractivity contribution in [2.45, 2.75) is 0 Å². The van der Waals surface area contributed by atoms with Crippen LogP contribution in [-0.4, -0.2) is 0 Å². The molecule has 2 N–H and O–H groups in total. The molecule has 0 aliphatic carbocycles. The van der Waals surface area contributed by atoms with E-state index in [9.17, 15) is 0 Å². The molecular formula is C6H6Br3N. The second-order valence-corrected chi connectivity index (χ2v) is 3.44. The van der Waals surface area contributed by atoms with E-state index in [0.717, 1.165) is 14.6 Å². The monoisotopic (exact) mass is 329 g/mol. The Kier molecular flexibility index (Phi) is 4.56. The van der Waals surface area contributed by atoms with Crippen LogP contribution >= 0.6 is 48.8 Å². The van der Waals surface area contributed by atoms with Crippen molar-refractivity contribution in [1.29, 1.82) is 0 Å². The third-order valence-corrected chi connectivity index (χ3v) is 2.17. The van der Waals surface area contributed by atoms with Crippen LogP contribution in [0.1, 0.15) is 0 Å². The van der Waals surface area contributed by atoms with Gasteiger partial charge in [-0.05, 0) is 34.1 Å². The van der Waals surface area contributed by atoms with Gasteiger partial charge in [-0.15, -0.1) is 17.0 Å². The maximum Gasteiger partial charge on any atom is 0.0469 e. The Morgan fingerprint density at radius 1 is 1.20 bits per heavy atom. The molecule has 0 heterocycles. The van der Waals surface area contributed by atoms with Crippen molar-refractivity contribution in [2.24, 2.45) is 0 Å². The van der Waals surface area contributed by atoms with E-state index in [0.29, 0.717) is 0 Å². The Morgan fingerprint density at radius 3 is 2.20 bits per heavy atom. The van der Waals surface area contributed by atoms with E-state index >= 15 is 0 Å². The summed E-state index contributed by atoms with van der Waals surface area (Å²) in [5.41, 5.74) is 6.30. The van der Waals surface area contributed by atoms with E-state index in [4.69, 9.17) is 5.73 Å². The van der Waals surface area contributed by atoms with Crippen molar-refractivity contribution in [2.75, 3.05) is 5.73 Å². The first kappa shape index (κ1) is 10.5. The molecule has 0 fully saturated rings. The van der Waals surface area contributed by atoms with Crippen LogP contribution in [0.15, 0.2) is 27.1 Å². The quantitative estimate of drug-likeness (QED) is 0.725. The van der Waals surface area contributed by atoms with Crippen LogP contribution in [-0.2, 0) is 0 Å². The number of nitrogens with two attached hydrogens (primary N) is 1. The molecule has 1 nitrogen and oxygen atoms in total. The first-order valence-electron chi connectivity index (χ1n) is 2.40. The number of hydrogen-bond donors (Lipinski definition) is 1. The Balaban J connectivity index is 0.000000810. The minimum absolute atomic E-state index is 0. The summed E-state index contributed by atoms with van der Waals surface area (Å²) in [5.74, 6) is 0. The summed E-state index contributed by atoms with van der Waals surface area (Å²) in [6.07, 6.45) is 0. The number of halogens is 3. The summed E-state index contributed by atoms with van der Waals surface area (Å²) in [6.45, 7) is 0. The van der Waals surface area contributed by atoms with Gasteiger partial charge in [-0.1, -0.05) is 15.9 Å². The summed E-state index contributed by atoms with van der Waals surface area (Å²) >= 11 is 6.58. The lowest BCUT2D eigenvalue weighted by atomic mass is 10.3. The minimum atomic E-state index is 0. The van der Waals surface area contributed by atoms with E-state index < -0.39 is 0 Å². The van der Waals surface area contributed by atoms with Crippen LogP contribution in [0.5, 0.6) is 0 Å². The first-order valence-corrected chi connectivity index (χ1v) is 3.99. The highest BCUT2D eigenvalue weighted by Gasteiger charge is 1.92. The molecule has 4 heteroatoms.